The predicted molar refractivity (Wildman–Crippen MR) is 92.5 cm³/mol. The van der Waals surface area contributed by atoms with E-state index >= 15 is 0 Å². The highest BCUT2D eigenvalue weighted by Gasteiger charge is 2.32. The van der Waals surface area contributed by atoms with Crippen LogP contribution < -0.4 is 19.5 Å². The van der Waals surface area contributed by atoms with Crippen molar-refractivity contribution in [2.75, 3.05) is 19.2 Å². The van der Waals surface area contributed by atoms with Gasteiger partial charge in [-0.05, 0) is 23.8 Å². The van der Waals surface area contributed by atoms with Gasteiger partial charge in [0, 0.05) is 28.9 Å². The molecule has 3 aromatic rings. The zero-order valence-corrected chi connectivity index (χ0v) is 13.6. The van der Waals surface area contributed by atoms with Gasteiger partial charge in [0.15, 0.2) is 11.5 Å². The van der Waals surface area contributed by atoms with E-state index in [0.29, 0.717) is 23.7 Å². The number of aromatic nitrogens is 1. The minimum Gasteiger partial charge on any atom is -0.493 e. The van der Waals surface area contributed by atoms with Crippen LogP contribution in [0.2, 0.25) is 0 Å². The Bertz CT molecular complexity index is 1010. The molecule has 1 atom stereocenters. The number of benzene rings is 2. The second kappa shape index (κ2) is 5.17. The van der Waals surface area contributed by atoms with Crippen LogP contribution in [-0.2, 0) is 4.79 Å². The van der Waals surface area contributed by atoms with Gasteiger partial charge in [0.05, 0.1) is 12.8 Å². The van der Waals surface area contributed by atoms with E-state index in [1.807, 2.05) is 36.4 Å². The molecular formula is C19H16N2O4. The average molecular weight is 336 g/mol. The van der Waals surface area contributed by atoms with Gasteiger partial charge in [0.1, 0.15) is 0 Å². The van der Waals surface area contributed by atoms with E-state index in [9.17, 15) is 4.79 Å². The van der Waals surface area contributed by atoms with Gasteiger partial charge in [-0.2, -0.15) is 0 Å². The Kier molecular flexibility index (Phi) is 2.94. The van der Waals surface area contributed by atoms with Gasteiger partial charge in [-0.1, -0.05) is 18.2 Å². The Balaban J connectivity index is 1.70. The SMILES string of the molecule is COc1cc(C2CC(=O)Nc3c2[nH]c2ccccc32)cc2c1OCO2. The lowest BCUT2D eigenvalue weighted by molar-refractivity contribution is -0.116. The van der Waals surface area contributed by atoms with Crippen molar-refractivity contribution in [1.82, 2.24) is 4.98 Å². The fraction of sp³-hybridized carbons (Fsp3) is 0.211. The first-order valence-electron chi connectivity index (χ1n) is 8.12. The van der Waals surface area contributed by atoms with Gasteiger partial charge in [-0.3, -0.25) is 4.79 Å². The minimum atomic E-state index is -0.0976. The molecule has 3 heterocycles. The average Bonchev–Trinajstić information content (AvgIpc) is 3.24. The zero-order chi connectivity index (χ0) is 17.0. The molecule has 2 N–H and O–H groups in total. The number of anilines is 1. The smallest absolute Gasteiger partial charge is 0.231 e. The number of hydrogen-bond donors (Lipinski definition) is 2. The summed E-state index contributed by atoms with van der Waals surface area (Å²) in [7, 11) is 1.60. The van der Waals surface area contributed by atoms with Crippen LogP contribution in [0, 0.1) is 0 Å². The van der Waals surface area contributed by atoms with E-state index in [-0.39, 0.29) is 18.6 Å². The summed E-state index contributed by atoms with van der Waals surface area (Å²) in [5.41, 5.74) is 3.83. The number of aromatic amines is 1. The number of rotatable bonds is 2. The molecule has 0 saturated carbocycles. The monoisotopic (exact) mass is 336 g/mol. The molecule has 6 nitrogen and oxygen atoms in total. The fourth-order valence-corrected chi connectivity index (χ4v) is 3.67. The van der Waals surface area contributed by atoms with E-state index in [1.165, 1.54) is 0 Å². The molecule has 5 rings (SSSR count). The standard InChI is InChI=1S/C19H16N2O4/c1-23-14-6-10(7-15-19(14)25-9-24-15)12-8-16(22)21-17-11-4-2-3-5-13(11)20-18(12)17/h2-7,12,20H,8-9H2,1H3,(H,21,22). The quantitative estimate of drug-likeness (QED) is 0.752. The van der Waals surface area contributed by atoms with Crippen molar-refractivity contribution < 1.29 is 19.0 Å². The first-order valence-corrected chi connectivity index (χ1v) is 8.12. The summed E-state index contributed by atoms with van der Waals surface area (Å²) in [6, 6.07) is 11.8. The fourth-order valence-electron chi connectivity index (χ4n) is 3.67. The highest BCUT2D eigenvalue weighted by molar-refractivity contribution is 6.05. The summed E-state index contributed by atoms with van der Waals surface area (Å²) < 4.78 is 16.4. The molecule has 0 radical (unpaired) electrons. The van der Waals surface area contributed by atoms with Crippen molar-refractivity contribution in [2.24, 2.45) is 0 Å². The summed E-state index contributed by atoms with van der Waals surface area (Å²) in [6.45, 7) is 0.179. The molecule has 6 heteroatoms. The number of H-pyrrole nitrogens is 1. The third-order valence-electron chi connectivity index (χ3n) is 4.82. The summed E-state index contributed by atoms with van der Waals surface area (Å²) in [4.78, 5) is 15.8. The molecule has 2 aromatic carbocycles. The highest BCUT2D eigenvalue weighted by Crippen LogP contribution is 2.47. The van der Waals surface area contributed by atoms with E-state index in [1.54, 1.807) is 7.11 Å². The summed E-state index contributed by atoms with van der Waals surface area (Å²) in [5.74, 6) is 1.79. The molecule has 1 aromatic heterocycles. The topological polar surface area (TPSA) is 72.6 Å². The van der Waals surface area contributed by atoms with Crippen LogP contribution in [0.5, 0.6) is 17.2 Å². The maximum absolute atomic E-state index is 12.3. The van der Waals surface area contributed by atoms with Crippen LogP contribution in [0.25, 0.3) is 10.9 Å². The molecule has 0 spiro atoms. The van der Waals surface area contributed by atoms with Crippen LogP contribution in [0.4, 0.5) is 5.69 Å². The van der Waals surface area contributed by atoms with Crippen LogP contribution in [-0.4, -0.2) is 24.8 Å². The van der Waals surface area contributed by atoms with Crippen molar-refractivity contribution in [3.05, 3.63) is 47.7 Å². The maximum Gasteiger partial charge on any atom is 0.231 e. The number of fused-ring (bicyclic) bond motifs is 4. The highest BCUT2D eigenvalue weighted by atomic mass is 16.7. The predicted octanol–water partition coefficient (Wildman–Crippen LogP) is 3.38. The van der Waals surface area contributed by atoms with Crippen LogP contribution in [0.3, 0.4) is 0 Å². The first kappa shape index (κ1) is 14.2. The Morgan fingerprint density at radius 2 is 2.08 bits per heavy atom. The van der Waals surface area contributed by atoms with Gasteiger partial charge < -0.3 is 24.5 Å². The first-order chi connectivity index (χ1) is 12.2. The minimum absolute atomic E-state index is 0.00103. The van der Waals surface area contributed by atoms with Crippen molar-refractivity contribution in [3.63, 3.8) is 0 Å². The molecular weight excluding hydrogens is 320 g/mol. The molecule has 0 saturated heterocycles. The number of carbonyl (C=O) groups is 1. The van der Waals surface area contributed by atoms with E-state index < -0.39 is 0 Å². The number of nitrogens with one attached hydrogen (secondary N) is 2. The number of amides is 1. The Morgan fingerprint density at radius 3 is 2.96 bits per heavy atom. The molecule has 2 aliphatic heterocycles. The van der Waals surface area contributed by atoms with Crippen molar-refractivity contribution >= 4 is 22.5 Å². The van der Waals surface area contributed by atoms with Crippen LogP contribution in [0.15, 0.2) is 36.4 Å². The molecule has 0 bridgehead atoms. The number of hydrogen-bond acceptors (Lipinski definition) is 4. The molecule has 1 amide bonds. The summed E-state index contributed by atoms with van der Waals surface area (Å²) >= 11 is 0. The molecule has 126 valence electrons. The summed E-state index contributed by atoms with van der Waals surface area (Å²) in [5, 5.41) is 4.02. The molecule has 0 fully saturated rings. The van der Waals surface area contributed by atoms with Gasteiger partial charge in [0.2, 0.25) is 18.4 Å². The van der Waals surface area contributed by atoms with Gasteiger partial charge >= 0.3 is 0 Å². The second-order valence-electron chi connectivity index (χ2n) is 6.22. The molecule has 2 aliphatic rings. The maximum atomic E-state index is 12.3. The molecule has 1 unspecified atom stereocenters. The zero-order valence-electron chi connectivity index (χ0n) is 13.6. The second-order valence-corrected chi connectivity index (χ2v) is 6.22. The lowest BCUT2D eigenvalue weighted by atomic mass is 9.88. The molecule has 25 heavy (non-hydrogen) atoms. The van der Waals surface area contributed by atoms with Gasteiger partial charge in [-0.15, -0.1) is 0 Å². The van der Waals surface area contributed by atoms with Crippen LogP contribution in [0.1, 0.15) is 23.6 Å². The Labute approximate surface area is 143 Å². The van der Waals surface area contributed by atoms with Crippen LogP contribution >= 0.6 is 0 Å². The van der Waals surface area contributed by atoms with Crippen molar-refractivity contribution in [1.29, 1.82) is 0 Å². The van der Waals surface area contributed by atoms with E-state index in [0.717, 1.165) is 27.8 Å². The van der Waals surface area contributed by atoms with E-state index in [2.05, 4.69) is 10.3 Å². The van der Waals surface area contributed by atoms with Crippen molar-refractivity contribution in [3.8, 4) is 17.2 Å². The van der Waals surface area contributed by atoms with Crippen molar-refractivity contribution in [2.45, 2.75) is 12.3 Å². The number of methoxy groups -OCH3 is 1. The lowest BCUT2D eigenvalue weighted by Gasteiger charge is -2.24. The lowest BCUT2D eigenvalue weighted by Crippen LogP contribution is -2.23. The normalized spacial score (nSPS) is 18.1. The Hall–Kier alpha value is -3.15. The summed E-state index contributed by atoms with van der Waals surface area (Å²) in [6.07, 6.45) is 0.364. The number of para-hydroxylation sites is 1. The Morgan fingerprint density at radius 1 is 1.20 bits per heavy atom. The van der Waals surface area contributed by atoms with E-state index in [4.69, 9.17) is 14.2 Å². The third kappa shape index (κ3) is 2.07. The third-order valence-corrected chi connectivity index (χ3v) is 4.82. The number of ether oxygens (including phenoxy) is 3. The number of carbonyl (C=O) groups excluding carboxylic acids is 1. The largest absolute Gasteiger partial charge is 0.493 e. The van der Waals surface area contributed by atoms with Gasteiger partial charge in [-0.25, -0.2) is 0 Å². The molecule has 0 aliphatic carbocycles. The van der Waals surface area contributed by atoms with Gasteiger partial charge in [0.25, 0.3) is 0 Å².